The molecule has 0 saturated heterocycles. The molecule has 4 heteroatoms. The van der Waals surface area contributed by atoms with Gasteiger partial charge < -0.3 is 5.11 Å². The van der Waals surface area contributed by atoms with Crippen molar-refractivity contribution in [2.24, 2.45) is 11.8 Å². The second-order valence-electron chi connectivity index (χ2n) is 6.80. The summed E-state index contributed by atoms with van der Waals surface area (Å²) in [5, 5.41) is 14.4. The molecule has 0 aliphatic heterocycles. The fourth-order valence-corrected chi connectivity index (χ4v) is 3.47. The Hall–Kier alpha value is -2.88. The molecule has 2 aromatic carbocycles. The van der Waals surface area contributed by atoms with E-state index < -0.39 is 0 Å². The lowest BCUT2D eigenvalue weighted by Crippen LogP contribution is -2.27. The molecular weight excluding hydrogens is 312 g/mol. The number of aromatic hydroxyl groups is 1. The Kier molecular flexibility index (Phi) is 3.68. The number of phenols is 1. The molecule has 1 aliphatic rings. The second-order valence-corrected chi connectivity index (χ2v) is 6.80. The summed E-state index contributed by atoms with van der Waals surface area (Å²) in [4.78, 5) is 13.0. The van der Waals surface area contributed by atoms with E-state index in [-0.39, 0.29) is 23.4 Å². The van der Waals surface area contributed by atoms with Crippen molar-refractivity contribution >= 4 is 5.78 Å². The van der Waals surface area contributed by atoms with Crippen molar-refractivity contribution in [3.63, 3.8) is 0 Å². The number of para-hydroxylation sites is 1. The topological polar surface area (TPSA) is 55.1 Å². The van der Waals surface area contributed by atoms with Crippen molar-refractivity contribution in [3.05, 3.63) is 65.9 Å². The summed E-state index contributed by atoms with van der Waals surface area (Å²) < 4.78 is 1.86. The van der Waals surface area contributed by atoms with E-state index in [0.717, 1.165) is 34.6 Å². The van der Waals surface area contributed by atoms with Gasteiger partial charge in [0.15, 0.2) is 5.78 Å². The average Bonchev–Trinajstić information content (AvgIpc) is 3.00. The molecule has 0 bridgehead atoms. The van der Waals surface area contributed by atoms with Gasteiger partial charge in [-0.25, -0.2) is 4.68 Å². The van der Waals surface area contributed by atoms with Gasteiger partial charge in [0.05, 0.1) is 22.6 Å². The highest BCUT2D eigenvalue weighted by Gasteiger charge is 2.36. The van der Waals surface area contributed by atoms with E-state index in [2.05, 4.69) is 6.92 Å². The van der Waals surface area contributed by atoms with Crippen LogP contribution in [0.2, 0.25) is 0 Å². The van der Waals surface area contributed by atoms with Gasteiger partial charge in [-0.05, 0) is 48.7 Å². The average molecular weight is 332 g/mol. The van der Waals surface area contributed by atoms with Crippen LogP contribution in [0, 0.1) is 11.8 Å². The number of benzene rings is 2. The maximum atomic E-state index is 13.0. The minimum atomic E-state index is -0.0169. The van der Waals surface area contributed by atoms with Crippen LogP contribution in [0.3, 0.4) is 0 Å². The van der Waals surface area contributed by atoms with Gasteiger partial charge in [-0.2, -0.15) is 5.10 Å². The maximum Gasteiger partial charge on any atom is 0.170 e. The monoisotopic (exact) mass is 332 g/mol. The summed E-state index contributed by atoms with van der Waals surface area (Å²) in [5.74, 6) is 0.624. The van der Waals surface area contributed by atoms with Crippen molar-refractivity contribution in [1.29, 1.82) is 0 Å². The molecule has 0 saturated carbocycles. The predicted octanol–water partition coefficient (Wildman–Crippen LogP) is 4.26. The summed E-state index contributed by atoms with van der Waals surface area (Å²) in [5.41, 5.74) is 4.20. The van der Waals surface area contributed by atoms with Crippen LogP contribution in [0.15, 0.2) is 54.6 Å². The number of hydrogen-bond acceptors (Lipinski definition) is 3. The van der Waals surface area contributed by atoms with Gasteiger partial charge in [0.1, 0.15) is 5.75 Å². The van der Waals surface area contributed by atoms with Gasteiger partial charge in [-0.3, -0.25) is 4.79 Å². The first-order valence-electron chi connectivity index (χ1n) is 8.57. The smallest absolute Gasteiger partial charge is 0.170 e. The van der Waals surface area contributed by atoms with Crippen LogP contribution >= 0.6 is 0 Å². The zero-order chi connectivity index (χ0) is 17.6. The van der Waals surface area contributed by atoms with Gasteiger partial charge in [0.25, 0.3) is 0 Å². The standard InChI is InChI=1S/C21H20N2O2/c1-13-12-18-19(21(25)14(13)2)20(15-8-10-17(24)11-9-15)23(22-18)16-6-4-3-5-7-16/h3-11,13-14,24H,12H2,1-2H3/t13-,14-/m0/s1. The van der Waals surface area contributed by atoms with Crippen LogP contribution in [0.1, 0.15) is 29.9 Å². The Morgan fingerprint density at radius 2 is 1.72 bits per heavy atom. The normalized spacial score (nSPS) is 19.7. The van der Waals surface area contributed by atoms with Crippen molar-refractivity contribution in [3.8, 4) is 22.7 Å². The van der Waals surface area contributed by atoms with E-state index in [9.17, 15) is 9.90 Å². The van der Waals surface area contributed by atoms with Crippen molar-refractivity contribution in [1.82, 2.24) is 9.78 Å². The molecule has 1 aromatic heterocycles. The molecule has 0 unspecified atom stereocenters. The highest BCUT2D eigenvalue weighted by Crippen LogP contribution is 2.37. The Bertz CT molecular complexity index is 927. The molecule has 126 valence electrons. The van der Waals surface area contributed by atoms with Crippen LogP contribution in [0.4, 0.5) is 0 Å². The zero-order valence-corrected chi connectivity index (χ0v) is 14.3. The van der Waals surface area contributed by atoms with E-state index in [1.807, 2.05) is 54.1 Å². The first kappa shape index (κ1) is 15.6. The molecule has 1 heterocycles. The fourth-order valence-electron chi connectivity index (χ4n) is 3.47. The lowest BCUT2D eigenvalue weighted by atomic mass is 9.78. The van der Waals surface area contributed by atoms with Crippen LogP contribution in [0.5, 0.6) is 5.75 Å². The first-order valence-corrected chi connectivity index (χ1v) is 8.57. The third-order valence-corrected chi connectivity index (χ3v) is 5.13. The van der Waals surface area contributed by atoms with Crippen molar-refractivity contribution < 1.29 is 9.90 Å². The van der Waals surface area contributed by atoms with E-state index in [1.165, 1.54) is 0 Å². The summed E-state index contributed by atoms with van der Waals surface area (Å²) in [6.45, 7) is 4.10. The number of Topliss-reactive ketones (excluding diaryl/α,β-unsaturated/α-hetero) is 1. The summed E-state index contributed by atoms with van der Waals surface area (Å²) >= 11 is 0. The molecule has 4 rings (SSSR count). The van der Waals surface area contributed by atoms with Gasteiger partial charge >= 0.3 is 0 Å². The van der Waals surface area contributed by atoms with Crippen LogP contribution in [-0.4, -0.2) is 20.7 Å². The Labute approximate surface area is 146 Å². The second kappa shape index (κ2) is 5.88. The molecule has 4 nitrogen and oxygen atoms in total. The minimum absolute atomic E-state index is 0.0169. The summed E-state index contributed by atoms with van der Waals surface area (Å²) in [6, 6.07) is 16.8. The lowest BCUT2D eigenvalue weighted by molar-refractivity contribution is 0.0877. The molecule has 25 heavy (non-hydrogen) atoms. The lowest BCUT2D eigenvalue weighted by Gasteiger charge is -2.24. The third kappa shape index (κ3) is 2.54. The van der Waals surface area contributed by atoms with E-state index in [0.29, 0.717) is 0 Å². The summed E-state index contributed by atoms with van der Waals surface area (Å²) in [7, 11) is 0. The van der Waals surface area contributed by atoms with E-state index in [1.54, 1.807) is 12.1 Å². The number of nitrogens with zero attached hydrogens (tertiary/aromatic N) is 2. The molecule has 0 fully saturated rings. The van der Waals surface area contributed by atoms with Gasteiger partial charge in [-0.15, -0.1) is 0 Å². The highest BCUT2D eigenvalue weighted by molar-refractivity contribution is 6.05. The number of carbonyl (C=O) groups is 1. The molecule has 2 atom stereocenters. The molecule has 0 radical (unpaired) electrons. The Morgan fingerprint density at radius 1 is 1.04 bits per heavy atom. The Morgan fingerprint density at radius 3 is 2.40 bits per heavy atom. The van der Waals surface area contributed by atoms with E-state index in [4.69, 9.17) is 5.10 Å². The zero-order valence-electron chi connectivity index (χ0n) is 14.3. The quantitative estimate of drug-likeness (QED) is 0.763. The first-order chi connectivity index (χ1) is 12.1. The van der Waals surface area contributed by atoms with Crippen LogP contribution in [0.25, 0.3) is 16.9 Å². The molecule has 1 N–H and O–H groups in total. The van der Waals surface area contributed by atoms with Crippen molar-refractivity contribution in [2.45, 2.75) is 20.3 Å². The van der Waals surface area contributed by atoms with Gasteiger partial charge in [0, 0.05) is 11.5 Å². The third-order valence-electron chi connectivity index (χ3n) is 5.13. The SMILES string of the molecule is C[C@@H]1C(=O)c2c(nn(-c3ccccc3)c2-c2ccc(O)cc2)C[C@@H]1C. The number of hydrogen-bond donors (Lipinski definition) is 1. The van der Waals surface area contributed by atoms with E-state index >= 15 is 0 Å². The molecule has 1 aliphatic carbocycles. The van der Waals surface area contributed by atoms with Crippen molar-refractivity contribution in [2.75, 3.05) is 0 Å². The minimum Gasteiger partial charge on any atom is -0.508 e. The van der Waals surface area contributed by atoms with Gasteiger partial charge in [-0.1, -0.05) is 32.0 Å². The number of aromatic nitrogens is 2. The van der Waals surface area contributed by atoms with Gasteiger partial charge in [0.2, 0.25) is 0 Å². The highest BCUT2D eigenvalue weighted by atomic mass is 16.3. The molecule has 0 spiro atoms. The number of carbonyl (C=O) groups excluding carboxylic acids is 1. The number of fused-ring (bicyclic) bond motifs is 1. The molecular formula is C21H20N2O2. The Balaban J connectivity index is 2.00. The largest absolute Gasteiger partial charge is 0.508 e. The maximum absolute atomic E-state index is 13.0. The number of rotatable bonds is 2. The fraction of sp³-hybridized carbons (Fsp3) is 0.238. The molecule has 0 amide bonds. The van der Waals surface area contributed by atoms with Crippen LogP contribution < -0.4 is 0 Å². The summed E-state index contributed by atoms with van der Waals surface area (Å²) in [6.07, 6.45) is 0.799. The predicted molar refractivity (Wildman–Crippen MR) is 97.0 cm³/mol. The number of ketones is 1. The molecule has 3 aromatic rings. The number of phenolic OH excluding ortho intramolecular Hbond substituents is 1. The van der Waals surface area contributed by atoms with Crippen LogP contribution in [-0.2, 0) is 6.42 Å².